The molecule has 0 radical (unpaired) electrons. The number of hydrogen-bond donors (Lipinski definition) is 3. The van der Waals surface area contributed by atoms with E-state index < -0.39 is 42.6 Å². The van der Waals surface area contributed by atoms with E-state index in [1.54, 1.807) is 49.5 Å². The van der Waals surface area contributed by atoms with Crippen molar-refractivity contribution in [2.75, 3.05) is 99.8 Å². The number of aryl methyl sites for hydroxylation is 1. The number of carbonyl (C=O) groups is 4. The highest BCUT2D eigenvalue weighted by atomic mass is 79.9. The fourth-order valence-corrected chi connectivity index (χ4v) is 11.7. The second-order valence-electron chi connectivity index (χ2n) is 19.1. The number of piperazine rings is 1. The van der Waals surface area contributed by atoms with Crippen molar-refractivity contribution in [2.45, 2.75) is 37.8 Å². The summed E-state index contributed by atoms with van der Waals surface area (Å²) < 4.78 is 35.6. The standard InChI is InChI=1S/C49H55BrFN12O6P/c1-58-26-30(23-53-58)35-21-39(55-49-52-24-37(50)45(57-49)54-38-8-5-31(51)19-43(38)70(3,4)68)42(69-2)22-41(35)61-17-15-59(16-18-61)25-29-11-13-60(14-12-29)33-27-62(28-33)32-6-7-34-36(20-32)48(67)63(47(34)66)40-9-10-44(64)56-46(40)65/h5-8,19-24,26,29,33,40H,9-18,25,27-28H2,1-4H3,(H,56,64,65)(H2,52,54,55,57). The van der Waals surface area contributed by atoms with Gasteiger partial charge in [0.25, 0.3) is 11.8 Å². The van der Waals surface area contributed by atoms with E-state index in [-0.39, 0.29) is 12.8 Å². The number of benzene rings is 3. The van der Waals surface area contributed by atoms with Crippen LogP contribution in [0, 0.1) is 11.7 Å². The maximum atomic E-state index is 14.2. The van der Waals surface area contributed by atoms with Gasteiger partial charge in [-0.05, 0) is 110 Å². The number of aromatic nitrogens is 4. The number of ether oxygens (including phenoxy) is 1. The molecular weight excluding hydrogens is 982 g/mol. The average molecular weight is 1040 g/mol. The third-order valence-corrected chi connectivity index (χ3v) is 16.3. The number of piperidine rings is 2. The fourth-order valence-electron chi connectivity index (χ4n) is 10.3. The van der Waals surface area contributed by atoms with Crippen LogP contribution in [-0.4, -0.2) is 150 Å². The number of anilines is 6. The first-order valence-corrected chi connectivity index (χ1v) is 26.9. The van der Waals surface area contributed by atoms with E-state index in [1.165, 1.54) is 12.1 Å². The predicted octanol–water partition coefficient (Wildman–Crippen LogP) is 5.65. The van der Waals surface area contributed by atoms with Gasteiger partial charge in [0.15, 0.2) is 0 Å². The number of carbonyl (C=O) groups excluding carboxylic acids is 4. The van der Waals surface area contributed by atoms with Crippen molar-refractivity contribution in [3.05, 3.63) is 88.5 Å². The minimum absolute atomic E-state index is 0.0874. The Morgan fingerprint density at radius 2 is 1.61 bits per heavy atom. The maximum Gasteiger partial charge on any atom is 0.262 e. The monoisotopic (exact) mass is 1040 g/mol. The Balaban J connectivity index is 0.743. The van der Waals surface area contributed by atoms with Crippen molar-refractivity contribution in [1.29, 1.82) is 0 Å². The molecule has 1 atom stereocenters. The number of fused-ring (bicyclic) bond motifs is 1. The molecule has 5 aliphatic rings. The van der Waals surface area contributed by atoms with E-state index in [4.69, 9.17) is 9.72 Å². The zero-order valence-corrected chi connectivity index (χ0v) is 41.9. The first-order chi connectivity index (χ1) is 33.6. The van der Waals surface area contributed by atoms with Gasteiger partial charge in [-0.3, -0.25) is 43.9 Å². The molecule has 366 valence electrons. The fraction of sp³-hybridized carbons (Fsp3) is 0.408. The molecule has 1 unspecified atom stereocenters. The van der Waals surface area contributed by atoms with Crippen molar-refractivity contribution in [3.8, 4) is 16.9 Å². The zero-order valence-electron chi connectivity index (χ0n) is 39.5. The number of amides is 4. The molecule has 0 saturated carbocycles. The third-order valence-electron chi connectivity index (χ3n) is 14.2. The normalized spacial score (nSPS) is 19.6. The van der Waals surface area contributed by atoms with Gasteiger partial charge in [-0.25, -0.2) is 9.37 Å². The van der Waals surface area contributed by atoms with Gasteiger partial charge in [0, 0.05) is 112 Å². The molecule has 5 aliphatic heterocycles. The highest BCUT2D eigenvalue weighted by Gasteiger charge is 2.45. The maximum absolute atomic E-state index is 14.2. The van der Waals surface area contributed by atoms with Gasteiger partial charge in [-0.1, -0.05) is 0 Å². The first-order valence-electron chi connectivity index (χ1n) is 23.5. The molecule has 21 heteroatoms. The van der Waals surface area contributed by atoms with Crippen LogP contribution in [0.25, 0.3) is 11.1 Å². The Morgan fingerprint density at radius 1 is 0.857 bits per heavy atom. The Bertz CT molecular complexity index is 2950. The summed E-state index contributed by atoms with van der Waals surface area (Å²) in [7, 11) is 0.706. The summed E-state index contributed by atoms with van der Waals surface area (Å²) in [5.41, 5.74) is 5.61. The Hall–Kier alpha value is -6.21. The van der Waals surface area contributed by atoms with Crippen molar-refractivity contribution in [3.63, 3.8) is 0 Å². The predicted molar refractivity (Wildman–Crippen MR) is 269 cm³/mol. The summed E-state index contributed by atoms with van der Waals surface area (Å²) in [4.78, 5) is 70.9. The van der Waals surface area contributed by atoms with Crippen LogP contribution in [0.1, 0.15) is 46.4 Å². The summed E-state index contributed by atoms with van der Waals surface area (Å²) in [6.07, 6.45) is 7.95. The van der Waals surface area contributed by atoms with E-state index in [0.29, 0.717) is 61.8 Å². The Morgan fingerprint density at radius 3 is 2.31 bits per heavy atom. The smallest absolute Gasteiger partial charge is 0.262 e. The van der Waals surface area contributed by atoms with E-state index >= 15 is 0 Å². The number of methoxy groups -OCH3 is 1. The molecule has 5 aromatic rings. The summed E-state index contributed by atoms with van der Waals surface area (Å²) in [5, 5.41) is 13.7. The second-order valence-corrected chi connectivity index (χ2v) is 23.2. The SMILES string of the molecule is COc1cc(N2CCN(CC3CCN(C4CN(c5ccc6c(c5)C(=O)N(C5CCC(=O)NC5=O)C6=O)C4)CC3)CC2)c(-c2cnn(C)c2)cc1Nc1ncc(Br)c(Nc2ccc(F)cc2P(C)(C)=O)n1. The molecule has 7 heterocycles. The molecule has 10 rings (SSSR count). The molecule has 4 fully saturated rings. The molecule has 4 amide bonds. The number of hydrogen-bond acceptors (Lipinski definition) is 15. The largest absolute Gasteiger partial charge is 0.494 e. The van der Waals surface area contributed by atoms with E-state index in [9.17, 15) is 28.1 Å². The second kappa shape index (κ2) is 19.2. The number of halogens is 2. The van der Waals surface area contributed by atoms with Gasteiger partial charge in [0.2, 0.25) is 17.8 Å². The highest BCUT2D eigenvalue weighted by Crippen LogP contribution is 2.42. The van der Waals surface area contributed by atoms with E-state index in [0.717, 1.165) is 99.1 Å². The zero-order chi connectivity index (χ0) is 49.0. The molecule has 2 aromatic heterocycles. The van der Waals surface area contributed by atoms with Gasteiger partial charge in [-0.2, -0.15) is 10.1 Å². The Labute approximate surface area is 413 Å². The molecule has 0 aliphatic carbocycles. The van der Waals surface area contributed by atoms with Crippen LogP contribution in [0.3, 0.4) is 0 Å². The molecular formula is C49H55BrFN12O6P. The van der Waals surface area contributed by atoms with Gasteiger partial charge in [0.05, 0.1) is 40.3 Å². The number of likely N-dealkylation sites (tertiary alicyclic amines) is 1. The van der Waals surface area contributed by atoms with Gasteiger partial charge >= 0.3 is 0 Å². The van der Waals surface area contributed by atoms with Gasteiger partial charge < -0.3 is 29.7 Å². The highest BCUT2D eigenvalue weighted by molar-refractivity contribution is 9.10. The summed E-state index contributed by atoms with van der Waals surface area (Å²) >= 11 is 3.53. The molecule has 3 N–H and O–H groups in total. The topological polar surface area (TPSA) is 190 Å². The molecule has 18 nitrogen and oxygen atoms in total. The van der Waals surface area contributed by atoms with Crippen molar-refractivity contribution < 1.29 is 32.9 Å². The molecule has 4 saturated heterocycles. The van der Waals surface area contributed by atoms with E-state index in [2.05, 4.69) is 67.6 Å². The van der Waals surface area contributed by atoms with Crippen LogP contribution in [0.4, 0.5) is 38.9 Å². The van der Waals surface area contributed by atoms with Crippen LogP contribution in [0.5, 0.6) is 5.75 Å². The van der Waals surface area contributed by atoms with Crippen molar-refractivity contribution >= 4 is 86.5 Å². The van der Waals surface area contributed by atoms with Gasteiger partial charge in [-0.15, -0.1) is 0 Å². The molecule has 0 spiro atoms. The minimum atomic E-state index is -2.83. The van der Waals surface area contributed by atoms with Crippen LogP contribution in [-0.2, 0) is 21.2 Å². The number of rotatable bonds is 13. The summed E-state index contributed by atoms with van der Waals surface area (Å²) in [6.45, 7) is 11.6. The van der Waals surface area contributed by atoms with Gasteiger partial charge in [0.1, 0.15) is 30.6 Å². The molecule has 3 aromatic carbocycles. The van der Waals surface area contributed by atoms with Crippen LogP contribution < -0.4 is 35.8 Å². The number of nitrogens with zero attached hydrogens (tertiary/aromatic N) is 9. The van der Waals surface area contributed by atoms with E-state index in [1.807, 2.05) is 31.6 Å². The summed E-state index contributed by atoms with van der Waals surface area (Å²) in [6, 6.07) is 13.0. The van der Waals surface area contributed by atoms with Crippen LogP contribution in [0.2, 0.25) is 0 Å². The minimum Gasteiger partial charge on any atom is -0.494 e. The molecule has 70 heavy (non-hydrogen) atoms. The lowest BCUT2D eigenvalue weighted by Crippen LogP contribution is -2.61. The summed E-state index contributed by atoms with van der Waals surface area (Å²) in [5.74, 6) is -0.523. The lowest BCUT2D eigenvalue weighted by Gasteiger charge is -2.49. The average Bonchev–Trinajstić information content (AvgIpc) is 3.86. The molecule has 0 bridgehead atoms. The van der Waals surface area contributed by atoms with Crippen molar-refractivity contribution in [1.82, 2.24) is 39.8 Å². The van der Waals surface area contributed by atoms with Crippen molar-refractivity contribution in [2.24, 2.45) is 13.0 Å². The Kier molecular flexibility index (Phi) is 13.0. The number of imide groups is 2. The lowest BCUT2D eigenvalue weighted by molar-refractivity contribution is -0.136. The lowest BCUT2D eigenvalue weighted by atomic mass is 9.93. The third kappa shape index (κ3) is 9.53. The first kappa shape index (κ1) is 47.5. The quantitative estimate of drug-likeness (QED) is 0.0969. The number of nitrogens with one attached hydrogen (secondary N) is 3. The van der Waals surface area contributed by atoms with Crippen LogP contribution in [0.15, 0.2) is 71.6 Å². The van der Waals surface area contributed by atoms with Crippen LogP contribution >= 0.6 is 23.1 Å².